The minimum absolute atomic E-state index is 0.297. The molecule has 14 rings (SSSR count). The van der Waals surface area contributed by atoms with Gasteiger partial charge in [-0.05, 0) is 146 Å². The second-order valence-electron chi connectivity index (χ2n) is 21.0. The van der Waals surface area contributed by atoms with Crippen molar-refractivity contribution in [3.05, 3.63) is 277 Å². The molecule has 0 N–H and O–H groups in total. The summed E-state index contributed by atoms with van der Waals surface area (Å²) >= 11 is 0. The number of anilines is 9. The van der Waals surface area contributed by atoms with Crippen molar-refractivity contribution in [2.45, 2.75) is 38.5 Å². The van der Waals surface area contributed by atoms with E-state index in [2.05, 4.69) is 279 Å². The number of nitrogens with zero attached hydrogens (tertiary/aromatic N) is 3. The van der Waals surface area contributed by atoms with Gasteiger partial charge >= 0.3 is 0 Å². The molecule has 11 aromatic rings. The fraction of sp³-hybridized carbons (Fsp3) is 0.0857. The SMILES string of the molecule is C=C1c2cc(-c3ccc(N(c4ccccc4)c4ccccc4)c4ccccc34)cc3c2N2c4c1cc(-c1ccc(N(c5ccccc5)c5ccccc5)c5ccccc15)cc4C(C)(C)c1cccc(c12)C3(C)C. The minimum Gasteiger partial charge on any atom is -0.310 e. The van der Waals surface area contributed by atoms with Crippen LogP contribution in [0, 0.1) is 0 Å². The van der Waals surface area contributed by atoms with Crippen LogP contribution in [-0.2, 0) is 10.8 Å². The lowest BCUT2D eigenvalue weighted by Crippen LogP contribution is -2.40. The minimum atomic E-state index is -0.297. The van der Waals surface area contributed by atoms with E-state index in [1.54, 1.807) is 0 Å². The molecule has 11 aromatic carbocycles. The molecule has 0 bridgehead atoms. The van der Waals surface area contributed by atoms with Crippen LogP contribution in [0.1, 0.15) is 61.1 Å². The molecule has 0 spiro atoms. The zero-order valence-electron chi connectivity index (χ0n) is 41.6. The van der Waals surface area contributed by atoms with Crippen molar-refractivity contribution in [2.24, 2.45) is 0 Å². The fourth-order valence-electron chi connectivity index (χ4n) is 12.7. The largest absolute Gasteiger partial charge is 0.310 e. The Balaban J connectivity index is 0.979. The second kappa shape index (κ2) is 16.0. The summed E-state index contributed by atoms with van der Waals surface area (Å²) < 4.78 is 0. The Morgan fingerprint density at radius 1 is 0.315 bits per heavy atom. The lowest BCUT2D eigenvalue weighted by atomic mass is 9.63. The van der Waals surface area contributed by atoms with Crippen molar-refractivity contribution in [2.75, 3.05) is 14.7 Å². The van der Waals surface area contributed by atoms with Gasteiger partial charge in [-0.15, -0.1) is 0 Å². The normalized spacial score (nSPS) is 14.2. The first-order chi connectivity index (χ1) is 35.7. The average molecular weight is 936 g/mol. The molecule has 0 aliphatic carbocycles. The third kappa shape index (κ3) is 6.31. The van der Waals surface area contributed by atoms with E-state index in [-0.39, 0.29) is 10.8 Å². The zero-order valence-corrected chi connectivity index (χ0v) is 41.6. The quantitative estimate of drug-likeness (QED) is 0.150. The van der Waals surface area contributed by atoms with Crippen molar-refractivity contribution in [3.8, 4) is 22.3 Å². The summed E-state index contributed by atoms with van der Waals surface area (Å²) in [5.74, 6) is 0. The molecule has 0 aromatic heterocycles. The van der Waals surface area contributed by atoms with Crippen LogP contribution in [0.25, 0.3) is 49.4 Å². The molecule has 3 aliphatic rings. The summed E-state index contributed by atoms with van der Waals surface area (Å²) in [5, 5.41) is 4.80. The Kier molecular flexibility index (Phi) is 9.43. The maximum absolute atomic E-state index is 5.11. The van der Waals surface area contributed by atoms with Gasteiger partial charge < -0.3 is 14.7 Å². The average Bonchev–Trinajstić information content (AvgIpc) is 3.43. The van der Waals surface area contributed by atoms with E-state index >= 15 is 0 Å². The highest BCUT2D eigenvalue weighted by molar-refractivity contribution is 6.13. The van der Waals surface area contributed by atoms with Gasteiger partial charge in [0.1, 0.15) is 0 Å². The van der Waals surface area contributed by atoms with Crippen molar-refractivity contribution in [1.82, 2.24) is 0 Å². The summed E-state index contributed by atoms with van der Waals surface area (Å²) in [6, 6.07) is 87.0. The number of hydrogen-bond acceptors (Lipinski definition) is 3. The lowest BCUT2D eigenvalue weighted by molar-refractivity contribution is 0.596. The summed E-state index contributed by atoms with van der Waals surface area (Å²) in [5.41, 5.74) is 23.5. The van der Waals surface area contributed by atoms with E-state index < -0.39 is 0 Å². The van der Waals surface area contributed by atoms with E-state index in [9.17, 15) is 0 Å². The van der Waals surface area contributed by atoms with Crippen molar-refractivity contribution in [1.29, 1.82) is 0 Å². The van der Waals surface area contributed by atoms with E-state index in [1.807, 2.05) is 0 Å². The highest BCUT2D eigenvalue weighted by atomic mass is 15.2. The molecule has 3 heterocycles. The summed E-state index contributed by atoms with van der Waals surface area (Å²) in [6.07, 6.45) is 0. The van der Waals surface area contributed by atoms with Gasteiger partial charge in [-0.3, -0.25) is 0 Å². The highest BCUT2D eigenvalue weighted by Gasteiger charge is 2.49. The molecule has 73 heavy (non-hydrogen) atoms. The van der Waals surface area contributed by atoms with Crippen LogP contribution in [0.5, 0.6) is 0 Å². The van der Waals surface area contributed by atoms with Gasteiger partial charge in [0.25, 0.3) is 0 Å². The number of fused-ring (bicyclic) bond motifs is 2. The molecule has 0 radical (unpaired) electrons. The van der Waals surface area contributed by atoms with Crippen LogP contribution in [-0.4, -0.2) is 0 Å². The Bertz CT molecular complexity index is 3700. The Morgan fingerprint density at radius 3 is 1.03 bits per heavy atom. The predicted octanol–water partition coefficient (Wildman–Crippen LogP) is 19.4. The molecule has 3 heteroatoms. The number of rotatable bonds is 8. The van der Waals surface area contributed by atoms with Crippen LogP contribution in [0.3, 0.4) is 0 Å². The molecule has 348 valence electrons. The molecule has 0 fully saturated rings. The van der Waals surface area contributed by atoms with E-state index in [4.69, 9.17) is 6.58 Å². The first-order valence-electron chi connectivity index (χ1n) is 25.5. The first-order valence-corrected chi connectivity index (χ1v) is 25.5. The fourth-order valence-corrected chi connectivity index (χ4v) is 12.7. The van der Waals surface area contributed by atoms with Crippen molar-refractivity contribution >= 4 is 78.3 Å². The monoisotopic (exact) mass is 935 g/mol. The van der Waals surface area contributed by atoms with E-state index in [1.165, 1.54) is 94.2 Å². The molecule has 3 aliphatic heterocycles. The molecular formula is C70H53N3. The number of benzene rings is 11. The van der Waals surface area contributed by atoms with Crippen LogP contribution in [0.2, 0.25) is 0 Å². The van der Waals surface area contributed by atoms with Gasteiger partial charge in [-0.1, -0.05) is 186 Å². The third-order valence-electron chi connectivity index (χ3n) is 16.2. The number of hydrogen-bond donors (Lipinski definition) is 0. The second-order valence-corrected chi connectivity index (χ2v) is 21.0. The van der Waals surface area contributed by atoms with Crippen LogP contribution in [0.4, 0.5) is 51.2 Å². The van der Waals surface area contributed by atoms with Gasteiger partial charge in [0.2, 0.25) is 0 Å². The van der Waals surface area contributed by atoms with Crippen molar-refractivity contribution < 1.29 is 0 Å². The van der Waals surface area contributed by atoms with Gasteiger partial charge in [-0.25, -0.2) is 0 Å². The van der Waals surface area contributed by atoms with Crippen molar-refractivity contribution in [3.63, 3.8) is 0 Å². The molecule has 3 nitrogen and oxygen atoms in total. The Labute approximate surface area is 428 Å². The summed E-state index contributed by atoms with van der Waals surface area (Å²) in [4.78, 5) is 7.40. The van der Waals surface area contributed by atoms with Gasteiger partial charge in [0.05, 0.1) is 28.4 Å². The maximum atomic E-state index is 5.11. The molecule has 0 amide bonds. The van der Waals surface area contributed by atoms with Gasteiger partial charge in [-0.2, -0.15) is 0 Å². The maximum Gasteiger partial charge on any atom is 0.0581 e. The topological polar surface area (TPSA) is 9.72 Å². The van der Waals surface area contributed by atoms with E-state index in [0.29, 0.717) is 0 Å². The molecule has 0 atom stereocenters. The predicted molar refractivity (Wildman–Crippen MR) is 309 cm³/mol. The van der Waals surface area contributed by atoms with Crippen LogP contribution < -0.4 is 14.7 Å². The molecule has 0 saturated carbocycles. The third-order valence-corrected chi connectivity index (χ3v) is 16.2. The summed E-state index contributed by atoms with van der Waals surface area (Å²) in [6.45, 7) is 14.8. The summed E-state index contributed by atoms with van der Waals surface area (Å²) in [7, 11) is 0. The smallest absolute Gasteiger partial charge is 0.0581 e. The zero-order chi connectivity index (χ0) is 49.2. The Hall–Kier alpha value is -8.92. The van der Waals surface area contributed by atoms with Gasteiger partial charge in [0, 0.05) is 55.5 Å². The van der Waals surface area contributed by atoms with Crippen LogP contribution >= 0.6 is 0 Å². The molecular weight excluding hydrogens is 883 g/mol. The van der Waals surface area contributed by atoms with Gasteiger partial charge in [0.15, 0.2) is 0 Å². The molecule has 0 unspecified atom stereocenters. The van der Waals surface area contributed by atoms with Crippen LogP contribution in [0.15, 0.2) is 243 Å². The number of para-hydroxylation sites is 5. The Morgan fingerprint density at radius 2 is 0.658 bits per heavy atom. The highest BCUT2D eigenvalue weighted by Crippen LogP contribution is 2.66. The first kappa shape index (κ1) is 42.9. The van der Waals surface area contributed by atoms with E-state index in [0.717, 1.165) is 39.7 Å². The molecule has 0 saturated heterocycles. The lowest BCUT2D eigenvalue weighted by Gasteiger charge is -2.52. The standard InChI is InChI=1S/C70H53N3/c1-45-58-41-46(52-37-39-64(56-33-20-18-31-54(52)56)71(48-23-10-6-11-24-48)49-25-12-7-13-26-49)43-62-66(58)73-67-59(45)42-47(44-63(67)70(4,5)61-36-22-35-60(68(61)73)69(62,2)3)53-38-40-65(57-34-21-19-32-55(53)57)72(50-27-14-8-15-28-50)51-29-16-9-17-30-51/h6-44H,1H2,2-5H3.